The van der Waals surface area contributed by atoms with Gasteiger partial charge in [0.05, 0.1) is 5.41 Å². The summed E-state index contributed by atoms with van der Waals surface area (Å²) in [5.74, 6) is 0. The molecular weight excluding hydrogens is 388 g/mol. The standard InChI is InChI=1S/C30H22N2/c1-21-9-8-14-27-29(21)26-16-15-22(23-18-31-20-32-19-23)17-28(26)30(27,24-10-4-2-5-11-24)25-12-6-3-7-13-25/h2-20H,1H3. The van der Waals surface area contributed by atoms with Crippen molar-refractivity contribution in [1.82, 2.24) is 9.97 Å². The van der Waals surface area contributed by atoms with Crippen LogP contribution in [0.1, 0.15) is 27.8 Å². The fourth-order valence-electron chi connectivity index (χ4n) is 5.35. The van der Waals surface area contributed by atoms with Crippen molar-refractivity contribution in [3.8, 4) is 22.3 Å². The van der Waals surface area contributed by atoms with Gasteiger partial charge in [-0.15, -0.1) is 0 Å². The van der Waals surface area contributed by atoms with Crippen LogP contribution in [0.15, 0.2) is 116 Å². The third kappa shape index (κ3) is 2.59. The number of benzene rings is 4. The average Bonchev–Trinajstić information content (AvgIpc) is 3.17. The lowest BCUT2D eigenvalue weighted by atomic mass is 9.67. The summed E-state index contributed by atoms with van der Waals surface area (Å²) in [6.07, 6.45) is 5.35. The molecule has 152 valence electrons. The summed E-state index contributed by atoms with van der Waals surface area (Å²) in [4.78, 5) is 8.50. The molecule has 1 aliphatic carbocycles. The Morgan fingerprint density at radius 2 is 1.25 bits per heavy atom. The molecule has 1 aliphatic rings. The van der Waals surface area contributed by atoms with Crippen LogP contribution in [0.5, 0.6) is 0 Å². The van der Waals surface area contributed by atoms with Crippen LogP contribution < -0.4 is 0 Å². The van der Waals surface area contributed by atoms with E-state index in [0.717, 1.165) is 11.1 Å². The van der Waals surface area contributed by atoms with Crippen LogP contribution >= 0.6 is 0 Å². The number of fused-ring (bicyclic) bond motifs is 3. The van der Waals surface area contributed by atoms with Crippen LogP contribution in [0.2, 0.25) is 0 Å². The molecule has 0 amide bonds. The van der Waals surface area contributed by atoms with Crippen LogP contribution in [0.3, 0.4) is 0 Å². The highest BCUT2D eigenvalue weighted by molar-refractivity contribution is 5.89. The first-order valence-corrected chi connectivity index (χ1v) is 10.9. The fraction of sp³-hybridized carbons (Fsp3) is 0.0667. The minimum atomic E-state index is -0.384. The molecule has 0 saturated carbocycles. The SMILES string of the molecule is Cc1cccc2c1-c1ccc(-c3cncnc3)cc1C2(c1ccccc1)c1ccccc1. The Balaban J connectivity index is 1.77. The normalized spacial score (nSPS) is 13.4. The van der Waals surface area contributed by atoms with E-state index in [1.807, 2.05) is 12.4 Å². The van der Waals surface area contributed by atoms with Gasteiger partial charge in [0.1, 0.15) is 6.33 Å². The molecule has 0 unspecified atom stereocenters. The van der Waals surface area contributed by atoms with E-state index >= 15 is 0 Å². The second-order valence-electron chi connectivity index (χ2n) is 8.37. The van der Waals surface area contributed by atoms with Crippen LogP contribution in [-0.4, -0.2) is 9.97 Å². The van der Waals surface area contributed by atoms with E-state index in [2.05, 4.69) is 114 Å². The van der Waals surface area contributed by atoms with Gasteiger partial charge in [-0.1, -0.05) is 91.0 Å². The van der Waals surface area contributed by atoms with Gasteiger partial charge in [-0.3, -0.25) is 0 Å². The van der Waals surface area contributed by atoms with Crippen molar-refractivity contribution in [2.24, 2.45) is 0 Å². The van der Waals surface area contributed by atoms with E-state index in [1.54, 1.807) is 6.33 Å². The maximum atomic E-state index is 4.25. The smallest absolute Gasteiger partial charge is 0.115 e. The van der Waals surface area contributed by atoms with Gasteiger partial charge in [0.25, 0.3) is 0 Å². The van der Waals surface area contributed by atoms with Gasteiger partial charge < -0.3 is 0 Å². The van der Waals surface area contributed by atoms with Gasteiger partial charge in [-0.05, 0) is 57.5 Å². The first-order valence-electron chi connectivity index (χ1n) is 10.9. The molecule has 0 N–H and O–H groups in total. The Labute approximate surface area is 188 Å². The minimum absolute atomic E-state index is 0.384. The Hall–Kier alpha value is -4.04. The lowest BCUT2D eigenvalue weighted by Crippen LogP contribution is -2.28. The Bertz CT molecular complexity index is 1370. The van der Waals surface area contributed by atoms with E-state index in [1.165, 1.54) is 38.9 Å². The molecule has 6 rings (SSSR count). The van der Waals surface area contributed by atoms with Gasteiger partial charge in [0.15, 0.2) is 0 Å². The maximum Gasteiger partial charge on any atom is 0.115 e. The summed E-state index contributed by atoms with van der Waals surface area (Å²) in [6.45, 7) is 2.22. The van der Waals surface area contributed by atoms with E-state index in [9.17, 15) is 0 Å². The monoisotopic (exact) mass is 410 g/mol. The summed E-state index contributed by atoms with van der Waals surface area (Å²) in [5, 5.41) is 0. The lowest BCUT2D eigenvalue weighted by Gasteiger charge is -2.34. The number of aryl methyl sites for hydroxylation is 1. The first kappa shape index (κ1) is 18.7. The molecular formula is C30H22N2. The summed E-state index contributed by atoms with van der Waals surface area (Å²) in [6, 6.07) is 35.3. The summed E-state index contributed by atoms with van der Waals surface area (Å²) < 4.78 is 0. The minimum Gasteiger partial charge on any atom is -0.244 e. The van der Waals surface area contributed by atoms with Crippen molar-refractivity contribution in [2.75, 3.05) is 0 Å². The highest BCUT2D eigenvalue weighted by atomic mass is 14.8. The van der Waals surface area contributed by atoms with Crippen LogP contribution in [0, 0.1) is 6.92 Å². The molecule has 1 heterocycles. The fourth-order valence-corrected chi connectivity index (χ4v) is 5.35. The van der Waals surface area contributed by atoms with Crippen LogP contribution in [-0.2, 0) is 5.41 Å². The highest BCUT2D eigenvalue weighted by Crippen LogP contribution is 2.57. The average molecular weight is 411 g/mol. The number of nitrogens with zero attached hydrogens (tertiary/aromatic N) is 2. The van der Waals surface area contributed by atoms with E-state index in [0.29, 0.717) is 0 Å². The molecule has 4 aromatic carbocycles. The number of hydrogen-bond donors (Lipinski definition) is 0. The zero-order valence-electron chi connectivity index (χ0n) is 17.9. The molecule has 2 heteroatoms. The molecule has 0 spiro atoms. The maximum absolute atomic E-state index is 4.25. The third-order valence-electron chi connectivity index (χ3n) is 6.68. The van der Waals surface area contributed by atoms with E-state index in [-0.39, 0.29) is 5.41 Å². The number of hydrogen-bond acceptors (Lipinski definition) is 2. The first-order chi connectivity index (χ1) is 15.8. The molecule has 0 radical (unpaired) electrons. The molecule has 0 saturated heterocycles. The number of aromatic nitrogens is 2. The molecule has 2 nitrogen and oxygen atoms in total. The zero-order chi connectivity index (χ0) is 21.5. The molecule has 5 aromatic rings. The predicted molar refractivity (Wildman–Crippen MR) is 130 cm³/mol. The van der Waals surface area contributed by atoms with Crippen molar-refractivity contribution in [2.45, 2.75) is 12.3 Å². The Morgan fingerprint density at radius 3 is 1.91 bits per heavy atom. The van der Waals surface area contributed by atoms with Crippen molar-refractivity contribution in [1.29, 1.82) is 0 Å². The Morgan fingerprint density at radius 1 is 0.594 bits per heavy atom. The topological polar surface area (TPSA) is 25.8 Å². The van der Waals surface area contributed by atoms with Crippen molar-refractivity contribution in [3.05, 3.63) is 144 Å². The summed E-state index contributed by atoms with van der Waals surface area (Å²) >= 11 is 0. The zero-order valence-corrected chi connectivity index (χ0v) is 17.9. The van der Waals surface area contributed by atoms with Crippen LogP contribution in [0.4, 0.5) is 0 Å². The highest BCUT2D eigenvalue weighted by Gasteiger charge is 2.46. The molecule has 1 aromatic heterocycles. The molecule has 0 atom stereocenters. The van der Waals surface area contributed by atoms with Gasteiger partial charge in [-0.2, -0.15) is 0 Å². The van der Waals surface area contributed by atoms with E-state index in [4.69, 9.17) is 0 Å². The van der Waals surface area contributed by atoms with Crippen molar-refractivity contribution >= 4 is 0 Å². The quantitative estimate of drug-likeness (QED) is 0.320. The third-order valence-corrected chi connectivity index (χ3v) is 6.68. The van der Waals surface area contributed by atoms with Crippen molar-refractivity contribution in [3.63, 3.8) is 0 Å². The van der Waals surface area contributed by atoms with Gasteiger partial charge in [0.2, 0.25) is 0 Å². The van der Waals surface area contributed by atoms with Crippen molar-refractivity contribution < 1.29 is 0 Å². The van der Waals surface area contributed by atoms with Gasteiger partial charge in [-0.25, -0.2) is 9.97 Å². The largest absolute Gasteiger partial charge is 0.244 e. The second-order valence-corrected chi connectivity index (χ2v) is 8.37. The van der Waals surface area contributed by atoms with E-state index < -0.39 is 0 Å². The molecule has 0 fully saturated rings. The molecule has 32 heavy (non-hydrogen) atoms. The summed E-state index contributed by atoms with van der Waals surface area (Å²) in [5.41, 5.74) is 10.9. The number of rotatable bonds is 3. The van der Waals surface area contributed by atoms with Crippen LogP contribution in [0.25, 0.3) is 22.3 Å². The predicted octanol–water partition coefficient (Wildman–Crippen LogP) is 6.82. The summed E-state index contributed by atoms with van der Waals surface area (Å²) in [7, 11) is 0. The van der Waals surface area contributed by atoms with Gasteiger partial charge in [0, 0.05) is 18.0 Å². The Kier molecular flexibility index (Phi) is 4.26. The van der Waals surface area contributed by atoms with Gasteiger partial charge >= 0.3 is 0 Å². The lowest BCUT2D eigenvalue weighted by molar-refractivity contribution is 0.768. The molecule has 0 aliphatic heterocycles. The molecule has 0 bridgehead atoms. The second kappa shape index (κ2) is 7.28.